The fourth-order valence-electron chi connectivity index (χ4n) is 1.88. The maximum absolute atomic E-state index is 13.0. The summed E-state index contributed by atoms with van der Waals surface area (Å²) in [7, 11) is 0. The normalized spacial score (nSPS) is 10.8. The summed E-state index contributed by atoms with van der Waals surface area (Å²) in [5, 5.41) is 3.23. The molecule has 0 amide bonds. The number of nitrogens with one attached hydrogen (secondary N) is 1. The Morgan fingerprint density at radius 3 is 2.50 bits per heavy atom. The molecule has 0 fully saturated rings. The van der Waals surface area contributed by atoms with Crippen molar-refractivity contribution < 1.29 is 8.78 Å². The van der Waals surface area contributed by atoms with E-state index in [1.54, 1.807) is 0 Å². The number of nitrogens with zero attached hydrogens (tertiary/aromatic N) is 1. The highest BCUT2D eigenvalue weighted by Crippen LogP contribution is 2.11. The first-order valence-corrected chi connectivity index (χ1v) is 5.97. The van der Waals surface area contributed by atoms with E-state index in [0.29, 0.717) is 12.1 Å². The Bertz CT molecular complexity index is 500. The standard InChI is InChI=1S/C14H16F2N2/c1-2-17-8-11-3-4-18(9-11)10-12-5-13(15)7-14(16)6-12/h3-7,9,17H,2,8,10H2,1H3. The average molecular weight is 250 g/mol. The highest BCUT2D eigenvalue weighted by Gasteiger charge is 2.02. The molecule has 0 unspecified atom stereocenters. The predicted molar refractivity (Wildman–Crippen MR) is 67.3 cm³/mol. The molecule has 1 N–H and O–H groups in total. The Balaban J connectivity index is 2.06. The van der Waals surface area contributed by atoms with E-state index in [0.717, 1.165) is 24.7 Å². The molecular formula is C14H16F2N2. The summed E-state index contributed by atoms with van der Waals surface area (Å²) in [6.07, 6.45) is 3.89. The lowest BCUT2D eigenvalue weighted by molar-refractivity contribution is 0.577. The van der Waals surface area contributed by atoms with Gasteiger partial charge in [-0.25, -0.2) is 8.78 Å². The first kappa shape index (κ1) is 12.8. The van der Waals surface area contributed by atoms with Gasteiger partial charge in [0, 0.05) is 31.5 Å². The van der Waals surface area contributed by atoms with Crippen LogP contribution < -0.4 is 5.32 Å². The number of benzene rings is 1. The SMILES string of the molecule is CCNCc1ccn(Cc2cc(F)cc(F)c2)c1. The molecular weight excluding hydrogens is 234 g/mol. The number of rotatable bonds is 5. The third-order valence-corrected chi connectivity index (χ3v) is 2.68. The van der Waals surface area contributed by atoms with E-state index < -0.39 is 11.6 Å². The second kappa shape index (κ2) is 5.78. The van der Waals surface area contributed by atoms with E-state index in [1.165, 1.54) is 12.1 Å². The van der Waals surface area contributed by atoms with E-state index in [4.69, 9.17) is 0 Å². The molecule has 96 valence electrons. The zero-order valence-electron chi connectivity index (χ0n) is 10.3. The number of hydrogen-bond donors (Lipinski definition) is 1. The summed E-state index contributed by atoms with van der Waals surface area (Å²) >= 11 is 0. The van der Waals surface area contributed by atoms with Gasteiger partial charge >= 0.3 is 0 Å². The zero-order chi connectivity index (χ0) is 13.0. The van der Waals surface area contributed by atoms with Crippen LogP contribution in [0.1, 0.15) is 18.1 Å². The Hall–Kier alpha value is -1.68. The summed E-state index contributed by atoms with van der Waals surface area (Å²) in [4.78, 5) is 0. The topological polar surface area (TPSA) is 17.0 Å². The van der Waals surface area contributed by atoms with Gasteiger partial charge in [-0.3, -0.25) is 0 Å². The van der Waals surface area contributed by atoms with Crippen molar-refractivity contribution in [3.63, 3.8) is 0 Å². The molecule has 2 nitrogen and oxygen atoms in total. The van der Waals surface area contributed by atoms with Gasteiger partial charge in [0.2, 0.25) is 0 Å². The van der Waals surface area contributed by atoms with Gasteiger partial charge in [-0.1, -0.05) is 6.92 Å². The van der Waals surface area contributed by atoms with Crippen LogP contribution in [0.3, 0.4) is 0 Å². The molecule has 2 rings (SSSR count). The van der Waals surface area contributed by atoms with Gasteiger partial charge < -0.3 is 9.88 Å². The van der Waals surface area contributed by atoms with Crippen LogP contribution >= 0.6 is 0 Å². The predicted octanol–water partition coefficient (Wildman–Crippen LogP) is 2.92. The van der Waals surface area contributed by atoms with Crippen LogP contribution in [0.25, 0.3) is 0 Å². The number of hydrogen-bond acceptors (Lipinski definition) is 1. The van der Waals surface area contributed by atoms with Crippen LogP contribution in [0.4, 0.5) is 8.78 Å². The molecule has 0 saturated carbocycles. The van der Waals surface area contributed by atoms with Crippen molar-refractivity contribution in [1.82, 2.24) is 9.88 Å². The molecule has 0 atom stereocenters. The lowest BCUT2D eigenvalue weighted by Gasteiger charge is -2.04. The van der Waals surface area contributed by atoms with Crippen LogP contribution in [0.2, 0.25) is 0 Å². The van der Waals surface area contributed by atoms with Crippen LogP contribution in [-0.2, 0) is 13.1 Å². The van der Waals surface area contributed by atoms with E-state index in [9.17, 15) is 8.78 Å². The van der Waals surface area contributed by atoms with Crippen LogP contribution in [0.5, 0.6) is 0 Å². The largest absolute Gasteiger partial charge is 0.350 e. The molecule has 0 aliphatic heterocycles. The molecule has 0 spiro atoms. The molecule has 0 aliphatic carbocycles. The van der Waals surface area contributed by atoms with Crippen molar-refractivity contribution in [3.8, 4) is 0 Å². The maximum atomic E-state index is 13.0. The fourth-order valence-corrected chi connectivity index (χ4v) is 1.88. The highest BCUT2D eigenvalue weighted by atomic mass is 19.1. The van der Waals surface area contributed by atoms with Crippen molar-refractivity contribution >= 4 is 0 Å². The van der Waals surface area contributed by atoms with Crippen molar-refractivity contribution in [1.29, 1.82) is 0 Å². The van der Waals surface area contributed by atoms with Gasteiger partial charge in [-0.05, 0) is 35.9 Å². The smallest absolute Gasteiger partial charge is 0.126 e. The van der Waals surface area contributed by atoms with E-state index >= 15 is 0 Å². The molecule has 0 bridgehead atoms. The summed E-state index contributed by atoms with van der Waals surface area (Å²) in [6, 6.07) is 5.59. The summed E-state index contributed by atoms with van der Waals surface area (Å²) in [5.74, 6) is -1.07. The molecule has 0 radical (unpaired) electrons. The minimum Gasteiger partial charge on any atom is -0.350 e. The monoisotopic (exact) mass is 250 g/mol. The van der Waals surface area contributed by atoms with E-state index in [1.807, 2.05) is 30.0 Å². The van der Waals surface area contributed by atoms with Gasteiger partial charge in [-0.15, -0.1) is 0 Å². The zero-order valence-corrected chi connectivity index (χ0v) is 10.3. The Kier molecular flexibility index (Phi) is 4.10. The Morgan fingerprint density at radius 1 is 1.11 bits per heavy atom. The molecule has 1 aromatic carbocycles. The third kappa shape index (κ3) is 3.40. The quantitative estimate of drug-likeness (QED) is 0.863. The number of halogens is 2. The minimum atomic E-state index is -0.537. The van der Waals surface area contributed by atoms with Gasteiger partial charge in [0.15, 0.2) is 0 Å². The molecule has 4 heteroatoms. The average Bonchev–Trinajstić information content (AvgIpc) is 2.72. The molecule has 0 aliphatic rings. The van der Waals surface area contributed by atoms with Crippen molar-refractivity contribution in [2.45, 2.75) is 20.0 Å². The summed E-state index contributed by atoms with van der Waals surface area (Å²) < 4.78 is 28.0. The Morgan fingerprint density at radius 2 is 1.83 bits per heavy atom. The second-order valence-electron chi connectivity index (χ2n) is 4.25. The first-order valence-electron chi connectivity index (χ1n) is 5.97. The maximum Gasteiger partial charge on any atom is 0.126 e. The summed E-state index contributed by atoms with van der Waals surface area (Å²) in [6.45, 7) is 4.24. The van der Waals surface area contributed by atoms with Gasteiger partial charge in [0.1, 0.15) is 11.6 Å². The molecule has 0 saturated heterocycles. The van der Waals surface area contributed by atoms with Crippen LogP contribution in [0, 0.1) is 11.6 Å². The second-order valence-corrected chi connectivity index (χ2v) is 4.25. The van der Waals surface area contributed by atoms with Gasteiger partial charge in [0.25, 0.3) is 0 Å². The van der Waals surface area contributed by atoms with Crippen molar-refractivity contribution in [2.75, 3.05) is 6.54 Å². The fraction of sp³-hybridized carbons (Fsp3) is 0.286. The molecule has 1 aromatic heterocycles. The third-order valence-electron chi connectivity index (χ3n) is 2.68. The minimum absolute atomic E-state index is 0.473. The van der Waals surface area contributed by atoms with Gasteiger partial charge in [0.05, 0.1) is 0 Å². The molecule has 1 heterocycles. The lowest BCUT2D eigenvalue weighted by atomic mass is 10.2. The van der Waals surface area contributed by atoms with E-state index in [-0.39, 0.29) is 0 Å². The van der Waals surface area contributed by atoms with Crippen molar-refractivity contribution in [3.05, 3.63) is 59.4 Å². The number of aromatic nitrogens is 1. The van der Waals surface area contributed by atoms with Crippen LogP contribution in [-0.4, -0.2) is 11.1 Å². The molecule has 18 heavy (non-hydrogen) atoms. The first-order chi connectivity index (χ1) is 8.67. The van der Waals surface area contributed by atoms with Crippen molar-refractivity contribution in [2.24, 2.45) is 0 Å². The van der Waals surface area contributed by atoms with Crippen LogP contribution in [0.15, 0.2) is 36.7 Å². The molecule has 2 aromatic rings. The lowest BCUT2D eigenvalue weighted by Crippen LogP contribution is -2.11. The Labute approximate surface area is 105 Å². The van der Waals surface area contributed by atoms with Gasteiger partial charge in [-0.2, -0.15) is 0 Å². The highest BCUT2D eigenvalue weighted by molar-refractivity contribution is 5.19. The summed E-state index contributed by atoms with van der Waals surface area (Å²) in [5.41, 5.74) is 1.78. The van der Waals surface area contributed by atoms with E-state index in [2.05, 4.69) is 5.32 Å².